The summed E-state index contributed by atoms with van der Waals surface area (Å²) in [4.78, 5) is 16.4. The van der Waals surface area contributed by atoms with E-state index in [1.54, 1.807) is 24.5 Å². The summed E-state index contributed by atoms with van der Waals surface area (Å²) in [5, 5.41) is 3.86. The SMILES string of the molecule is Nc1nn(CC(=O)c2cc(C(F)(F)F)ccc2Cl)c(=S)n1Nc1ccncc1. The molecule has 3 N–H and O–H groups in total. The summed E-state index contributed by atoms with van der Waals surface area (Å²) in [6.45, 7) is -0.435. The number of anilines is 2. The Bertz CT molecular complexity index is 1080. The van der Waals surface area contributed by atoms with Crippen molar-refractivity contribution < 1.29 is 18.0 Å². The van der Waals surface area contributed by atoms with Gasteiger partial charge in [-0.3, -0.25) is 15.2 Å². The van der Waals surface area contributed by atoms with Gasteiger partial charge in [0.25, 0.3) is 0 Å². The zero-order valence-electron chi connectivity index (χ0n) is 13.9. The molecule has 0 bridgehead atoms. The molecule has 2 aromatic heterocycles. The van der Waals surface area contributed by atoms with E-state index in [2.05, 4.69) is 15.5 Å². The summed E-state index contributed by atoms with van der Waals surface area (Å²) in [5.41, 5.74) is 8.06. The van der Waals surface area contributed by atoms with Crippen LogP contribution in [-0.4, -0.2) is 25.2 Å². The van der Waals surface area contributed by atoms with Crippen LogP contribution in [0.3, 0.4) is 0 Å². The smallest absolute Gasteiger partial charge is 0.366 e. The number of benzene rings is 1. The number of alkyl halides is 3. The van der Waals surface area contributed by atoms with Gasteiger partial charge in [0.2, 0.25) is 10.7 Å². The van der Waals surface area contributed by atoms with Gasteiger partial charge in [0.05, 0.1) is 16.3 Å². The predicted molar refractivity (Wildman–Crippen MR) is 99.5 cm³/mol. The highest BCUT2D eigenvalue weighted by Gasteiger charge is 2.31. The number of rotatable bonds is 5. The van der Waals surface area contributed by atoms with Crippen molar-refractivity contribution in [3.05, 3.63) is 63.6 Å². The molecule has 3 rings (SSSR count). The lowest BCUT2D eigenvalue weighted by molar-refractivity contribution is -0.137. The first-order valence-corrected chi connectivity index (χ1v) is 8.48. The number of aromatic nitrogens is 4. The molecule has 0 radical (unpaired) electrons. The topological polar surface area (TPSA) is 90.8 Å². The van der Waals surface area contributed by atoms with E-state index in [1.807, 2.05) is 0 Å². The second-order valence-corrected chi connectivity index (χ2v) is 6.37. The summed E-state index contributed by atoms with van der Waals surface area (Å²) in [6, 6.07) is 5.84. The number of carbonyl (C=O) groups excluding carboxylic acids is 1. The van der Waals surface area contributed by atoms with Crippen LogP contribution in [0.4, 0.5) is 24.8 Å². The van der Waals surface area contributed by atoms with Crippen molar-refractivity contribution in [2.24, 2.45) is 0 Å². The molecule has 28 heavy (non-hydrogen) atoms. The van der Waals surface area contributed by atoms with E-state index < -0.39 is 24.1 Å². The average Bonchev–Trinajstić information content (AvgIpc) is 2.89. The molecule has 7 nitrogen and oxygen atoms in total. The minimum absolute atomic E-state index is 0.0373. The van der Waals surface area contributed by atoms with E-state index >= 15 is 0 Å². The van der Waals surface area contributed by atoms with Crippen molar-refractivity contribution >= 4 is 41.2 Å². The summed E-state index contributed by atoms with van der Waals surface area (Å²) in [5.74, 6) is -0.731. The molecule has 0 unspecified atom stereocenters. The normalized spacial score (nSPS) is 11.4. The largest absolute Gasteiger partial charge is 0.416 e. The quantitative estimate of drug-likeness (QED) is 0.474. The zero-order valence-corrected chi connectivity index (χ0v) is 15.5. The maximum absolute atomic E-state index is 12.9. The molecule has 0 aliphatic rings. The first kappa shape index (κ1) is 19.8. The van der Waals surface area contributed by atoms with E-state index in [1.165, 1.54) is 4.68 Å². The Labute approximate surface area is 166 Å². The van der Waals surface area contributed by atoms with Crippen molar-refractivity contribution in [3.8, 4) is 0 Å². The van der Waals surface area contributed by atoms with Crippen LogP contribution in [0.1, 0.15) is 15.9 Å². The van der Waals surface area contributed by atoms with Crippen LogP contribution in [0.15, 0.2) is 42.7 Å². The first-order valence-electron chi connectivity index (χ1n) is 7.69. The molecule has 1 aromatic carbocycles. The molecule has 3 aromatic rings. The van der Waals surface area contributed by atoms with Gasteiger partial charge >= 0.3 is 6.18 Å². The molecule has 0 aliphatic carbocycles. The van der Waals surface area contributed by atoms with Gasteiger partial charge in [-0.25, -0.2) is 4.68 Å². The molecule has 2 heterocycles. The minimum atomic E-state index is -4.60. The lowest BCUT2D eigenvalue weighted by Gasteiger charge is -2.10. The number of hydrogen-bond acceptors (Lipinski definition) is 6. The van der Waals surface area contributed by atoms with Crippen LogP contribution in [0.2, 0.25) is 5.02 Å². The van der Waals surface area contributed by atoms with Crippen LogP contribution in [0.25, 0.3) is 0 Å². The molecule has 0 amide bonds. The van der Waals surface area contributed by atoms with Gasteiger partial charge in [0.15, 0.2) is 5.78 Å². The maximum atomic E-state index is 12.9. The third-order valence-electron chi connectivity index (χ3n) is 3.67. The Morgan fingerprint density at radius 3 is 2.57 bits per heavy atom. The molecule has 0 fully saturated rings. The summed E-state index contributed by atoms with van der Waals surface area (Å²) in [6.07, 6.45) is -1.51. The summed E-state index contributed by atoms with van der Waals surface area (Å²) < 4.78 is 41.1. The summed E-state index contributed by atoms with van der Waals surface area (Å²) in [7, 11) is 0. The van der Waals surface area contributed by atoms with E-state index in [0.29, 0.717) is 11.8 Å². The predicted octanol–water partition coefficient (Wildman–Crippen LogP) is 3.82. The fraction of sp³-hybridized carbons (Fsp3) is 0.125. The van der Waals surface area contributed by atoms with Gasteiger partial charge < -0.3 is 5.73 Å². The number of nitrogens with one attached hydrogen (secondary N) is 1. The zero-order chi connectivity index (χ0) is 20.5. The van der Waals surface area contributed by atoms with E-state index in [4.69, 9.17) is 29.6 Å². The molecule has 0 saturated heterocycles. The number of carbonyl (C=O) groups is 1. The fourth-order valence-corrected chi connectivity index (χ4v) is 2.79. The van der Waals surface area contributed by atoms with E-state index in [9.17, 15) is 18.0 Å². The number of hydrogen-bond donors (Lipinski definition) is 2. The number of Topliss-reactive ketones (excluding diaryl/α,β-unsaturated/α-hetero) is 1. The second kappa shape index (κ2) is 7.60. The van der Waals surface area contributed by atoms with Gasteiger partial charge in [-0.15, -0.1) is 5.10 Å². The van der Waals surface area contributed by atoms with Crippen LogP contribution in [0.5, 0.6) is 0 Å². The lowest BCUT2D eigenvalue weighted by atomic mass is 10.1. The van der Waals surface area contributed by atoms with Gasteiger partial charge in [0, 0.05) is 18.0 Å². The monoisotopic (exact) mass is 428 g/mol. The molecular formula is C16H12ClF3N6OS. The first-order chi connectivity index (χ1) is 13.2. The minimum Gasteiger partial charge on any atom is -0.366 e. The van der Waals surface area contributed by atoms with Crippen LogP contribution >= 0.6 is 23.8 Å². The molecule has 146 valence electrons. The molecule has 0 aliphatic heterocycles. The standard InChI is InChI=1S/C16H12ClF3N6OS/c17-12-2-1-9(16(18,19)20)7-11(12)13(27)8-25-15(28)26(14(21)24-25)23-10-3-5-22-6-4-10/h1-7H,8H2,(H2,21,24)(H,22,23). The number of nitrogen functional groups attached to an aromatic ring is 1. The number of nitrogens with two attached hydrogens (primary N) is 1. The van der Waals surface area contributed by atoms with Crippen molar-refractivity contribution in [2.75, 3.05) is 11.2 Å². The maximum Gasteiger partial charge on any atom is 0.416 e. The van der Waals surface area contributed by atoms with Crippen molar-refractivity contribution in [1.29, 1.82) is 0 Å². The van der Waals surface area contributed by atoms with Gasteiger partial charge in [-0.2, -0.15) is 17.8 Å². The number of nitrogens with zero attached hydrogens (tertiary/aromatic N) is 4. The Kier molecular flexibility index (Phi) is 5.38. The molecular weight excluding hydrogens is 417 g/mol. The highest BCUT2D eigenvalue weighted by atomic mass is 35.5. The molecule has 0 atom stereocenters. The van der Waals surface area contributed by atoms with Crippen molar-refractivity contribution in [1.82, 2.24) is 19.4 Å². The Morgan fingerprint density at radius 1 is 1.25 bits per heavy atom. The van der Waals surface area contributed by atoms with Gasteiger partial charge in [0.1, 0.15) is 6.54 Å². The molecule has 0 saturated carbocycles. The van der Waals surface area contributed by atoms with Crippen molar-refractivity contribution in [2.45, 2.75) is 12.7 Å². The van der Waals surface area contributed by atoms with Gasteiger partial charge in [-0.1, -0.05) is 11.6 Å². The fourth-order valence-electron chi connectivity index (χ4n) is 2.32. The molecule has 12 heteroatoms. The number of ketones is 1. The summed E-state index contributed by atoms with van der Waals surface area (Å²) >= 11 is 11.1. The second-order valence-electron chi connectivity index (χ2n) is 5.60. The van der Waals surface area contributed by atoms with E-state index in [0.717, 1.165) is 16.8 Å². The number of halogens is 4. The van der Waals surface area contributed by atoms with E-state index in [-0.39, 0.29) is 21.3 Å². The molecule has 0 spiro atoms. The third-order valence-corrected chi connectivity index (χ3v) is 4.40. The number of pyridine rings is 1. The van der Waals surface area contributed by atoms with Crippen LogP contribution < -0.4 is 11.2 Å². The van der Waals surface area contributed by atoms with Crippen molar-refractivity contribution in [3.63, 3.8) is 0 Å². The lowest BCUT2D eigenvalue weighted by Crippen LogP contribution is -2.15. The Balaban J connectivity index is 1.88. The average molecular weight is 429 g/mol. The van der Waals surface area contributed by atoms with Crippen LogP contribution in [0, 0.1) is 4.77 Å². The third kappa shape index (κ3) is 4.15. The van der Waals surface area contributed by atoms with Crippen LogP contribution in [-0.2, 0) is 12.7 Å². The Morgan fingerprint density at radius 2 is 1.93 bits per heavy atom. The highest BCUT2D eigenvalue weighted by molar-refractivity contribution is 7.71. The Hall–Kier alpha value is -2.92. The van der Waals surface area contributed by atoms with Gasteiger partial charge in [-0.05, 0) is 42.5 Å². The highest BCUT2D eigenvalue weighted by Crippen LogP contribution is 2.32.